The van der Waals surface area contributed by atoms with Crippen LogP contribution >= 0.6 is 0 Å². The predicted octanol–water partition coefficient (Wildman–Crippen LogP) is 2.51. The van der Waals surface area contributed by atoms with Gasteiger partial charge in [0, 0.05) is 6.92 Å². The number of hydrogen-bond acceptors (Lipinski definition) is 5. The molecule has 1 N–H and O–H groups in total. The topological polar surface area (TPSA) is 95.2 Å². The first-order valence-electron chi connectivity index (χ1n) is 8.58. The van der Waals surface area contributed by atoms with Gasteiger partial charge in [-0.25, -0.2) is 13.8 Å². The lowest BCUT2D eigenvalue weighted by Crippen LogP contribution is -2.40. The normalized spacial score (nSPS) is 11.3. The Bertz CT molecular complexity index is 1260. The maximum absolute atomic E-state index is 13.9. The third-order valence-corrected chi connectivity index (χ3v) is 4.10. The number of anilines is 1. The molecular formula is C19H14F4N4O4. The highest BCUT2D eigenvalue weighted by molar-refractivity contribution is 5.89. The molecule has 31 heavy (non-hydrogen) atoms. The zero-order chi connectivity index (χ0) is 22.9. The SMILES string of the molecule is COc1nn(-c2ccc(F)c(NC(C)=O)c2)c(=O)n(-c2ccc(C(F)(F)F)cc2)c1=O. The number of methoxy groups -OCH3 is 1. The minimum Gasteiger partial charge on any atom is -0.476 e. The van der Waals surface area contributed by atoms with Crippen LogP contribution in [0.15, 0.2) is 52.1 Å². The highest BCUT2D eigenvalue weighted by Gasteiger charge is 2.30. The molecule has 0 aliphatic carbocycles. The molecule has 162 valence electrons. The number of aromatic nitrogens is 3. The van der Waals surface area contributed by atoms with Gasteiger partial charge in [-0.15, -0.1) is 5.10 Å². The predicted molar refractivity (Wildman–Crippen MR) is 101 cm³/mol. The third kappa shape index (κ3) is 4.32. The van der Waals surface area contributed by atoms with E-state index in [0.29, 0.717) is 21.4 Å². The van der Waals surface area contributed by atoms with E-state index in [-0.39, 0.29) is 17.1 Å². The van der Waals surface area contributed by atoms with Crippen LogP contribution in [0.2, 0.25) is 0 Å². The second-order valence-electron chi connectivity index (χ2n) is 6.23. The fraction of sp³-hybridized carbons (Fsp3) is 0.158. The fourth-order valence-electron chi connectivity index (χ4n) is 2.71. The van der Waals surface area contributed by atoms with E-state index >= 15 is 0 Å². The van der Waals surface area contributed by atoms with Crippen LogP contribution < -0.4 is 21.3 Å². The number of ether oxygens (including phenoxy) is 1. The van der Waals surface area contributed by atoms with Crippen LogP contribution in [-0.2, 0) is 11.0 Å². The van der Waals surface area contributed by atoms with E-state index in [2.05, 4.69) is 10.4 Å². The van der Waals surface area contributed by atoms with Crippen molar-refractivity contribution in [1.29, 1.82) is 0 Å². The summed E-state index contributed by atoms with van der Waals surface area (Å²) in [5.74, 6) is -1.89. The number of nitrogens with one attached hydrogen (secondary N) is 1. The highest BCUT2D eigenvalue weighted by Crippen LogP contribution is 2.29. The summed E-state index contributed by atoms with van der Waals surface area (Å²) in [7, 11) is 1.11. The molecule has 1 heterocycles. The third-order valence-electron chi connectivity index (χ3n) is 4.10. The molecule has 3 aromatic rings. The number of rotatable bonds is 4. The average molecular weight is 438 g/mol. The van der Waals surface area contributed by atoms with E-state index in [9.17, 15) is 31.9 Å². The summed E-state index contributed by atoms with van der Waals surface area (Å²) in [6.07, 6.45) is -4.60. The Hall–Kier alpha value is -3.96. The number of carbonyl (C=O) groups excluding carboxylic acids is 1. The molecule has 2 aromatic carbocycles. The lowest BCUT2D eigenvalue weighted by atomic mass is 10.2. The molecule has 0 spiro atoms. The minimum absolute atomic E-state index is 0.0332. The molecule has 8 nitrogen and oxygen atoms in total. The number of carbonyl (C=O) groups is 1. The smallest absolute Gasteiger partial charge is 0.416 e. The van der Waals surface area contributed by atoms with Gasteiger partial charge in [0.25, 0.3) is 5.88 Å². The number of benzene rings is 2. The first-order valence-corrected chi connectivity index (χ1v) is 8.58. The van der Waals surface area contributed by atoms with Gasteiger partial charge in [-0.1, -0.05) is 0 Å². The van der Waals surface area contributed by atoms with Crippen LogP contribution in [0.4, 0.5) is 23.2 Å². The van der Waals surface area contributed by atoms with Gasteiger partial charge in [-0.3, -0.25) is 9.59 Å². The van der Waals surface area contributed by atoms with Gasteiger partial charge in [0.1, 0.15) is 5.82 Å². The van der Waals surface area contributed by atoms with Crippen LogP contribution in [-0.4, -0.2) is 27.4 Å². The standard InChI is InChI=1S/C19H14F4N4O4/c1-10(28)24-15-9-13(7-8-14(15)20)27-18(30)26(17(29)16(25-27)31-2)12-5-3-11(4-6-12)19(21,22)23/h3-9H,1-2H3,(H,24,28). The zero-order valence-electron chi connectivity index (χ0n) is 16.0. The van der Waals surface area contributed by atoms with Gasteiger partial charge in [0.05, 0.1) is 29.7 Å². The van der Waals surface area contributed by atoms with Gasteiger partial charge in [-0.05, 0) is 42.5 Å². The Balaban J connectivity index is 2.23. The van der Waals surface area contributed by atoms with Crippen LogP contribution in [0.1, 0.15) is 12.5 Å². The van der Waals surface area contributed by atoms with Crippen LogP contribution in [0, 0.1) is 5.82 Å². The molecule has 0 aliphatic rings. The lowest BCUT2D eigenvalue weighted by molar-refractivity contribution is -0.137. The van der Waals surface area contributed by atoms with E-state index in [0.717, 1.165) is 44.4 Å². The molecule has 3 rings (SSSR count). The maximum Gasteiger partial charge on any atom is 0.416 e. The molecule has 1 aromatic heterocycles. The van der Waals surface area contributed by atoms with Crippen molar-refractivity contribution in [3.63, 3.8) is 0 Å². The van der Waals surface area contributed by atoms with Crippen molar-refractivity contribution in [2.45, 2.75) is 13.1 Å². The van der Waals surface area contributed by atoms with Crippen molar-refractivity contribution < 1.29 is 27.1 Å². The van der Waals surface area contributed by atoms with Gasteiger partial charge < -0.3 is 10.1 Å². The second kappa shape index (κ2) is 8.05. The van der Waals surface area contributed by atoms with Crippen LogP contribution in [0.5, 0.6) is 5.88 Å². The van der Waals surface area contributed by atoms with Gasteiger partial charge in [-0.2, -0.15) is 17.9 Å². The zero-order valence-corrected chi connectivity index (χ0v) is 16.0. The molecule has 0 radical (unpaired) electrons. The van der Waals surface area contributed by atoms with E-state index in [1.807, 2.05) is 0 Å². The summed E-state index contributed by atoms with van der Waals surface area (Å²) in [6.45, 7) is 1.16. The largest absolute Gasteiger partial charge is 0.476 e. The summed E-state index contributed by atoms with van der Waals surface area (Å²) >= 11 is 0. The summed E-state index contributed by atoms with van der Waals surface area (Å²) in [5.41, 5.74) is -3.47. The fourth-order valence-corrected chi connectivity index (χ4v) is 2.71. The molecular weight excluding hydrogens is 424 g/mol. The van der Waals surface area contributed by atoms with Crippen LogP contribution in [0.3, 0.4) is 0 Å². The number of alkyl halides is 3. The molecule has 0 saturated carbocycles. The van der Waals surface area contributed by atoms with E-state index in [1.165, 1.54) is 0 Å². The summed E-state index contributed by atoms with van der Waals surface area (Å²) < 4.78 is 58.6. The minimum atomic E-state index is -4.60. The Kier molecular flexibility index (Phi) is 5.64. The number of hydrogen-bond donors (Lipinski definition) is 1. The van der Waals surface area contributed by atoms with Crippen molar-refractivity contribution in [1.82, 2.24) is 14.3 Å². The van der Waals surface area contributed by atoms with Gasteiger partial charge >= 0.3 is 17.4 Å². The van der Waals surface area contributed by atoms with Gasteiger partial charge in [0.15, 0.2) is 0 Å². The quantitative estimate of drug-likeness (QED) is 0.632. The molecule has 0 aliphatic heterocycles. The monoisotopic (exact) mass is 438 g/mol. The van der Waals surface area contributed by atoms with Crippen molar-refractivity contribution >= 4 is 11.6 Å². The maximum atomic E-state index is 13.9. The summed E-state index contributed by atoms with van der Waals surface area (Å²) in [4.78, 5) is 36.8. The Labute approximate surface area is 171 Å². The van der Waals surface area contributed by atoms with Crippen molar-refractivity contribution in [3.05, 3.63) is 74.7 Å². The average Bonchev–Trinajstić information content (AvgIpc) is 2.69. The van der Waals surface area contributed by atoms with E-state index in [1.54, 1.807) is 0 Å². The van der Waals surface area contributed by atoms with E-state index in [4.69, 9.17) is 4.74 Å². The lowest BCUT2D eigenvalue weighted by Gasteiger charge is -2.13. The highest BCUT2D eigenvalue weighted by atomic mass is 19.4. The van der Waals surface area contributed by atoms with Crippen molar-refractivity contribution in [2.24, 2.45) is 0 Å². The summed E-state index contributed by atoms with van der Waals surface area (Å²) in [6, 6.07) is 6.55. The number of nitrogens with zero attached hydrogens (tertiary/aromatic N) is 3. The molecule has 0 unspecified atom stereocenters. The second-order valence-corrected chi connectivity index (χ2v) is 6.23. The molecule has 0 atom stereocenters. The molecule has 1 amide bonds. The van der Waals surface area contributed by atoms with Crippen molar-refractivity contribution in [3.8, 4) is 17.3 Å². The molecule has 12 heteroatoms. The van der Waals surface area contributed by atoms with Crippen molar-refractivity contribution in [2.75, 3.05) is 12.4 Å². The van der Waals surface area contributed by atoms with E-state index < -0.39 is 40.6 Å². The Morgan fingerprint density at radius 3 is 2.23 bits per heavy atom. The first kappa shape index (κ1) is 21.7. The molecule has 0 bridgehead atoms. The Morgan fingerprint density at radius 1 is 1.06 bits per heavy atom. The Morgan fingerprint density at radius 2 is 1.68 bits per heavy atom. The number of halogens is 4. The molecule has 0 fully saturated rings. The molecule has 0 saturated heterocycles. The first-order chi connectivity index (χ1) is 14.5. The number of amides is 1. The van der Waals surface area contributed by atoms with Crippen LogP contribution in [0.25, 0.3) is 11.4 Å². The summed E-state index contributed by atoms with van der Waals surface area (Å²) in [5, 5.41) is 6.03. The van der Waals surface area contributed by atoms with Gasteiger partial charge in [0.2, 0.25) is 5.91 Å².